The van der Waals surface area contributed by atoms with E-state index in [1.165, 1.54) is 0 Å². The maximum atomic E-state index is 11.5. The van der Waals surface area contributed by atoms with Gasteiger partial charge in [-0.05, 0) is 27.7 Å². The smallest absolute Gasteiger partial charge is 0.239 e. The highest BCUT2D eigenvalue weighted by atomic mass is 16.2. The van der Waals surface area contributed by atoms with Crippen LogP contribution in [0.25, 0.3) is 0 Å². The van der Waals surface area contributed by atoms with Crippen molar-refractivity contribution < 1.29 is 4.79 Å². The summed E-state index contributed by atoms with van der Waals surface area (Å²) in [7, 11) is 0. The molecule has 1 unspecified atom stereocenters. The summed E-state index contributed by atoms with van der Waals surface area (Å²) >= 11 is 0. The Morgan fingerprint density at radius 2 is 2.25 bits per heavy atom. The van der Waals surface area contributed by atoms with Gasteiger partial charge in [0.25, 0.3) is 0 Å². The van der Waals surface area contributed by atoms with Crippen LogP contribution in [0.3, 0.4) is 0 Å². The van der Waals surface area contributed by atoms with Crippen LogP contribution >= 0.6 is 0 Å². The molecule has 3 nitrogen and oxygen atoms in total. The lowest BCUT2D eigenvalue weighted by Crippen LogP contribution is -2.63. The zero-order chi connectivity index (χ0) is 9.35. The van der Waals surface area contributed by atoms with Crippen molar-refractivity contribution in [2.75, 3.05) is 13.1 Å². The van der Waals surface area contributed by atoms with Crippen LogP contribution in [0, 0.1) is 0 Å². The Kier molecular flexibility index (Phi) is 2.42. The van der Waals surface area contributed by atoms with Gasteiger partial charge in [-0.3, -0.25) is 10.1 Å². The van der Waals surface area contributed by atoms with Crippen molar-refractivity contribution in [3.63, 3.8) is 0 Å². The zero-order valence-electron chi connectivity index (χ0n) is 8.35. The van der Waals surface area contributed by atoms with E-state index < -0.39 is 0 Å². The molecule has 1 N–H and O–H groups in total. The predicted molar refractivity (Wildman–Crippen MR) is 48.9 cm³/mol. The summed E-state index contributed by atoms with van der Waals surface area (Å²) in [4.78, 5) is 13.4. The minimum atomic E-state index is -0.0336. The number of nitrogens with one attached hydrogen (secondary N) is 1. The first-order valence-corrected chi connectivity index (χ1v) is 4.53. The third kappa shape index (κ3) is 1.78. The second kappa shape index (κ2) is 3.05. The number of nitrogens with zero attached hydrogens (tertiary/aromatic N) is 1. The van der Waals surface area contributed by atoms with Crippen LogP contribution in [0.4, 0.5) is 0 Å². The van der Waals surface area contributed by atoms with Crippen molar-refractivity contribution >= 4 is 5.91 Å². The highest BCUT2D eigenvalue weighted by Crippen LogP contribution is 2.14. The number of amides is 1. The Hall–Kier alpha value is -0.570. The van der Waals surface area contributed by atoms with E-state index in [0.717, 1.165) is 13.1 Å². The van der Waals surface area contributed by atoms with Gasteiger partial charge in [-0.1, -0.05) is 0 Å². The summed E-state index contributed by atoms with van der Waals surface area (Å²) in [6, 6.07) is -0.0336. The molecule has 1 heterocycles. The third-order valence-corrected chi connectivity index (χ3v) is 2.26. The summed E-state index contributed by atoms with van der Waals surface area (Å²) in [6.07, 6.45) is 0. The number of carbonyl (C=O) groups excluding carboxylic acids is 1. The maximum absolute atomic E-state index is 11.5. The molecule has 12 heavy (non-hydrogen) atoms. The van der Waals surface area contributed by atoms with E-state index in [9.17, 15) is 4.79 Å². The summed E-state index contributed by atoms with van der Waals surface area (Å²) in [5.74, 6) is 0.219. The third-order valence-electron chi connectivity index (χ3n) is 2.26. The van der Waals surface area contributed by atoms with Gasteiger partial charge in [0.2, 0.25) is 5.91 Å². The van der Waals surface area contributed by atoms with Crippen LogP contribution in [-0.4, -0.2) is 35.5 Å². The molecule has 0 aromatic heterocycles. The van der Waals surface area contributed by atoms with Crippen molar-refractivity contribution in [1.82, 2.24) is 10.2 Å². The second-order valence-electron chi connectivity index (χ2n) is 4.10. The average Bonchev–Trinajstić information content (AvgIpc) is 1.96. The molecule has 0 aliphatic carbocycles. The van der Waals surface area contributed by atoms with Crippen LogP contribution < -0.4 is 5.32 Å². The lowest BCUT2D eigenvalue weighted by molar-refractivity contribution is -0.137. The number of piperazine rings is 1. The summed E-state index contributed by atoms with van der Waals surface area (Å²) in [6.45, 7) is 9.82. The molecule has 0 bridgehead atoms. The molecule has 1 aliphatic heterocycles. The highest BCUT2D eigenvalue weighted by molar-refractivity contribution is 5.82. The van der Waals surface area contributed by atoms with E-state index in [0.29, 0.717) is 0 Å². The van der Waals surface area contributed by atoms with Crippen molar-refractivity contribution in [3.05, 3.63) is 0 Å². The van der Waals surface area contributed by atoms with Gasteiger partial charge < -0.3 is 4.90 Å². The summed E-state index contributed by atoms with van der Waals surface area (Å²) in [5.41, 5.74) is 0.0589. The number of carbonyl (C=O) groups is 1. The SMILES string of the molecule is CCN1CC(C)(C)NC(C)C1=O. The Morgan fingerprint density at radius 1 is 1.67 bits per heavy atom. The highest BCUT2D eigenvalue weighted by Gasteiger charge is 2.34. The molecule has 1 aliphatic rings. The van der Waals surface area contributed by atoms with Gasteiger partial charge in [0.05, 0.1) is 6.04 Å². The molecule has 3 heteroatoms. The number of rotatable bonds is 1. The lowest BCUT2D eigenvalue weighted by atomic mass is 9.99. The molecular weight excluding hydrogens is 152 g/mol. The molecule has 0 saturated carbocycles. The van der Waals surface area contributed by atoms with Gasteiger partial charge in [-0.25, -0.2) is 0 Å². The maximum Gasteiger partial charge on any atom is 0.239 e. The Balaban J connectivity index is 2.71. The molecule has 1 saturated heterocycles. The van der Waals surface area contributed by atoms with E-state index in [1.54, 1.807) is 0 Å². The largest absolute Gasteiger partial charge is 0.340 e. The van der Waals surface area contributed by atoms with E-state index in [2.05, 4.69) is 19.2 Å². The number of hydrogen-bond donors (Lipinski definition) is 1. The first-order chi connectivity index (χ1) is 5.46. The number of likely N-dealkylation sites (N-methyl/N-ethyl adjacent to an activating group) is 1. The van der Waals surface area contributed by atoms with Crippen LogP contribution in [-0.2, 0) is 4.79 Å². The fraction of sp³-hybridized carbons (Fsp3) is 0.889. The minimum absolute atomic E-state index is 0.0336. The van der Waals surface area contributed by atoms with Gasteiger partial charge in [0.1, 0.15) is 0 Å². The van der Waals surface area contributed by atoms with Gasteiger partial charge in [0.15, 0.2) is 0 Å². The molecule has 0 aromatic rings. The van der Waals surface area contributed by atoms with Gasteiger partial charge in [-0.2, -0.15) is 0 Å². The van der Waals surface area contributed by atoms with E-state index in [4.69, 9.17) is 0 Å². The van der Waals surface area contributed by atoms with Gasteiger partial charge in [-0.15, -0.1) is 0 Å². The monoisotopic (exact) mass is 170 g/mol. The second-order valence-corrected chi connectivity index (χ2v) is 4.10. The van der Waals surface area contributed by atoms with Crippen molar-refractivity contribution in [2.24, 2.45) is 0 Å². The van der Waals surface area contributed by atoms with Crippen LogP contribution in [0.5, 0.6) is 0 Å². The number of hydrogen-bond acceptors (Lipinski definition) is 2. The quantitative estimate of drug-likeness (QED) is 0.625. The predicted octanol–water partition coefficient (Wildman–Crippen LogP) is 0.605. The average molecular weight is 170 g/mol. The zero-order valence-corrected chi connectivity index (χ0v) is 8.35. The molecule has 1 amide bonds. The standard InChI is InChI=1S/C9H18N2O/c1-5-11-6-9(3,4)10-7(2)8(11)12/h7,10H,5-6H2,1-4H3. The fourth-order valence-corrected chi connectivity index (χ4v) is 1.79. The van der Waals surface area contributed by atoms with Crippen LogP contribution in [0.15, 0.2) is 0 Å². The molecule has 1 rings (SSSR count). The molecule has 0 aromatic carbocycles. The molecule has 1 atom stereocenters. The Bertz CT molecular complexity index is 189. The topological polar surface area (TPSA) is 32.3 Å². The normalized spacial score (nSPS) is 29.2. The van der Waals surface area contributed by atoms with Crippen LogP contribution in [0.2, 0.25) is 0 Å². The minimum Gasteiger partial charge on any atom is -0.340 e. The summed E-state index contributed by atoms with van der Waals surface area (Å²) in [5, 5.41) is 3.28. The fourth-order valence-electron chi connectivity index (χ4n) is 1.79. The van der Waals surface area contributed by atoms with Gasteiger partial charge in [0, 0.05) is 18.6 Å². The van der Waals surface area contributed by atoms with Crippen molar-refractivity contribution in [2.45, 2.75) is 39.3 Å². The first-order valence-electron chi connectivity index (χ1n) is 4.53. The van der Waals surface area contributed by atoms with E-state index >= 15 is 0 Å². The summed E-state index contributed by atoms with van der Waals surface area (Å²) < 4.78 is 0. The molecule has 0 spiro atoms. The molecule has 0 radical (unpaired) electrons. The lowest BCUT2D eigenvalue weighted by Gasteiger charge is -2.41. The molecule has 70 valence electrons. The molecule has 1 fully saturated rings. The van der Waals surface area contributed by atoms with Crippen LogP contribution in [0.1, 0.15) is 27.7 Å². The van der Waals surface area contributed by atoms with Crippen molar-refractivity contribution in [3.8, 4) is 0 Å². The van der Waals surface area contributed by atoms with Crippen molar-refractivity contribution in [1.29, 1.82) is 0 Å². The Labute approximate surface area is 74.1 Å². The first kappa shape index (κ1) is 9.52. The van der Waals surface area contributed by atoms with Gasteiger partial charge >= 0.3 is 0 Å². The molecular formula is C9H18N2O. The van der Waals surface area contributed by atoms with E-state index in [-0.39, 0.29) is 17.5 Å². The van der Waals surface area contributed by atoms with E-state index in [1.807, 2.05) is 18.7 Å². The Morgan fingerprint density at radius 3 is 2.75 bits per heavy atom.